The molecule has 2 heterocycles. The quantitative estimate of drug-likeness (QED) is 0.874. The van der Waals surface area contributed by atoms with Crippen LogP contribution in [0.2, 0.25) is 0 Å². The number of thiazole rings is 1. The minimum absolute atomic E-state index is 0.144. The number of hydrogen-bond acceptors (Lipinski definition) is 4. The molecule has 1 aromatic rings. The number of piperidine rings is 1. The molecule has 0 saturated carbocycles. The molecule has 0 radical (unpaired) electrons. The molecule has 0 atom stereocenters. The molecule has 0 bridgehead atoms. The topological polar surface area (TPSA) is 53.4 Å². The Morgan fingerprint density at radius 1 is 1.62 bits per heavy atom. The van der Waals surface area contributed by atoms with Crippen molar-refractivity contribution in [3.05, 3.63) is 16.1 Å². The molecule has 1 fully saturated rings. The van der Waals surface area contributed by atoms with Gasteiger partial charge in [0.25, 0.3) is 0 Å². The van der Waals surface area contributed by atoms with Crippen molar-refractivity contribution in [2.24, 2.45) is 5.92 Å². The van der Waals surface area contributed by atoms with Crippen LogP contribution in [0, 0.1) is 12.8 Å². The number of aryl methyl sites for hydroxylation is 1. The minimum Gasteiger partial charge on any atom is -0.481 e. The summed E-state index contributed by atoms with van der Waals surface area (Å²) >= 11 is 1.68. The monoisotopic (exact) mass is 240 g/mol. The highest BCUT2D eigenvalue weighted by molar-refractivity contribution is 7.09. The number of aromatic nitrogens is 1. The van der Waals surface area contributed by atoms with Gasteiger partial charge in [0.2, 0.25) is 0 Å². The van der Waals surface area contributed by atoms with Gasteiger partial charge in [0.15, 0.2) is 0 Å². The van der Waals surface area contributed by atoms with Gasteiger partial charge in [-0.2, -0.15) is 0 Å². The summed E-state index contributed by atoms with van der Waals surface area (Å²) in [5, 5.41) is 12.1. The molecule has 5 heteroatoms. The second-order valence-electron chi connectivity index (χ2n) is 4.27. The molecule has 1 N–H and O–H groups in total. The van der Waals surface area contributed by atoms with Gasteiger partial charge in [-0.25, -0.2) is 4.98 Å². The van der Waals surface area contributed by atoms with Crippen LogP contribution in [0.25, 0.3) is 0 Å². The molecule has 2 rings (SSSR count). The SMILES string of the molecule is Cc1csc(CN2CCC(C(=O)O)CC2)n1. The molecule has 0 amide bonds. The lowest BCUT2D eigenvalue weighted by Gasteiger charge is -2.29. The van der Waals surface area contributed by atoms with Crippen molar-refractivity contribution in [1.82, 2.24) is 9.88 Å². The van der Waals surface area contributed by atoms with Gasteiger partial charge in [0.1, 0.15) is 5.01 Å². The molecule has 1 aliphatic rings. The number of nitrogens with zero attached hydrogens (tertiary/aromatic N) is 2. The van der Waals surface area contributed by atoms with Crippen LogP contribution in [-0.4, -0.2) is 34.0 Å². The number of likely N-dealkylation sites (tertiary alicyclic amines) is 1. The van der Waals surface area contributed by atoms with Gasteiger partial charge in [-0.15, -0.1) is 11.3 Å². The Hall–Kier alpha value is -0.940. The standard InChI is InChI=1S/C11H16N2O2S/c1-8-7-16-10(12-8)6-13-4-2-9(3-5-13)11(14)15/h7,9H,2-6H2,1H3,(H,14,15). The van der Waals surface area contributed by atoms with Crippen molar-refractivity contribution >= 4 is 17.3 Å². The van der Waals surface area contributed by atoms with Gasteiger partial charge >= 0.3 is 5.97 Å². The van der Waals surface area contributed by atoms with E-state index < -0.39 is 5.97 Å². The Balaban J connectivity index is 1.83. The first-order valence-electron chi connectivity index (χ1n) is 5.51. The summed E-state index contributed by atoms with van der Waals surface area (Å²) in [6.45, 7) is 4.60. The predicted octanol–water partition coefficient (Wildman–Crippen LogP) is 1.75. The third-order valence-electron chi connectivity index (χ3n) is 2.96. The van der Waals surface area contributed by atoms with Crippen molar-refractivity contribution in [2.45, 2.75) is 26.3 Å². The first kappa shape index (κ1) is 11.5. The second kappa shape index (κ2) is 4.93. The molecule has 0 spiro atoms. The fraction of sp³-hybridized carbons (Fsp3) is 0.636. The maximum absolute atomic E-state index is 10.8. The van der Waals surface area contributed by atoms with Crippen LogP contribution < -0.4 is 0 Å². The van der Waals surface area contributed by atoms with Crippen molar-refractivity contribution in [3.63, 3.8) is 0 Å². The molecule has 0 unspecified atom stereocenters. The lowest BCUT2D eigenvalue weighted by atomic mass is 9.97. The van der Waals surface area contributed by atoms with Gasteiger partial charge < -0.3 is 5.11 Å². The Kier molecular flexibility index (Phi) is 3.56. The van der Waals surface area contributed by atoms with E-state index in [0.29, 0.717) is 0 Å². The molecule has 0 aromatic carbocycles. The van der Waals surface area contributed by atoms with E-state index in [0.717, 1.165) is 43.2 Å². The first-order valence-corrected chi connectivity index (χ1v) is 6.39. The predicted molar refractivity (Wildman–Crippen MR) is 62.5 cm³/mol. The summed E-state index contributed by atoms with van der Waals surface area (Å²) in [7, 11) is 0. The van der Waals surface area contributed by atoms with Crippen LogP contribution in [0.5, 0.6) is 0 Å². The van der Waals surface area contributed by atoms with E-state index in [2.05, 4.69) is 15.3 Å². The largest absolute Gasteiger partial charge is 0.481 e. The zero-order valence-corrected chi connectivity index (χ0v) is 10.2. The Bertz CT molecular complexity index is 370. The van der Waals surface area contributed by atoms with E-state index in [9.17, 15) is 4.79 Å². The zero-order valence-electron chi connectivity index (χ0n) is 9.35. The number of carbonyl (C=O) groups is 1. The number of carboxylic acids is 1. The Labute approximate surface area is 98.9 Å². The highest BCUT2D eigenvalue weighted by atomic mass is 32.1. The van der Waals surface area contributed by atoms with Gasteiger partial charge in [0, 0.05) is 11.1 Å². The van der Waals surface area contributed by atoms with Crippen molar-refractivity contribution in [1.29, 1.82) is 0 Å². The van der Waals surface area contributed by atoms with Gasteiger partial charge in [-0.05, 0) is 32.9 Å². The fourth-order valence-electron chi connectivity index (χ4n) is 2.00. The van der Waals surface area contributed by atoms with E-state index in [4.69, 9.17) is 5.11 Å². The van der Waals surface area contributed by atoms with E-state index in [1.165, 1.54) is 0 Å². The number of hydrogen-bond donors (Lipinski definition) is 1. The molecular formula is C11H16N2O2S. The molecule has 0 aliphatic carbocycles. The molecule has 1 saturated heterocycles. The normalized spacial score (nSPS) is 18.8. The molecule has 1 aliphatic heterocycles. The smallest absolute Gasteiger partial charge is 0.306 e. The average molecular weight is 240 g/mol. The summed E-state index contributed by atoms with van der Waals surface area (Å²) in [5.41, 5.74) is 1.07. The van der Waals surface area contributed by atoms with E-state index in [1.807, 2.05) is 6.92 Å². The molecule has 1 aromatic heterocycles. The van der Waals surface area contributed by atoms with Gasteiger partial charge in [-0.1, -0.05) is 0 Å². The van der Waals surface area contributed by atoms with Crippen LogP contribution in [-0.2, 0) is 11.3 Å². The molecule has 16 heavy (non-hydrogen) atoms. The van der Waals surface area contributed by atoms with Crippen LogP contribution in [0.15, 0.2) is 5.38 Å². The highest BCUT2D eigenvalue weighted by Crippen LogP contribution is 2.20. The number of rotatable bonds is 3. The highest BCUT2D eigenvalue weighted by Gasteiger charge is 2.24. The summed E-state index contributed by atoms with van der Waals surface area (Å²) in [6.07, 6.45) is 1.53. The summed E-state index contributed by atoms with van der Waals surface area (Å²) in [5.74, 6) is -0.793. The number of aliphatic carboxylic acids is 1. The third kappa shape index (κ3) is 2.80. The van der Waals surface area contributed by atoms with Crippen molar-refractivity contribution in [2.75, 3.05) is 13.1 Å². The third-order valence-corrected chi connectivity index (χ3v) is 3.91. The summed E-state index contributed by atoms with van der Waals surface area (Å²) in [4.78, 5) is 17.5. The van der Waals surface area contributed by atoms with Crippen molar-refractivity contribution in [3.8, 4) is 0 Å². The van der Waals surface area contributed by atoms with Crippen LogP contribution in [0.3, 0.4) is 0 Å². The summed E-state index contributed by atoms with van der Waals surface area (Å²) in [6, 6.07) is 0. The lowest BCUT2D eigenvalue weighted by Crippen LogP contribution is -2.35. The van der Waals surface area contributed by atoms with Crippen molar-refractivity contribution < 1.29 is 9.90 Å². The Morgan fingerprint density at radius 2 is 2.31 bits per heavy atom. The average Bonchev–Trinajstić information content (AvgIpc) is 2.65. The lowest BCUT2D eigenvalue weighted by molar-refractivity contribution is -0.143. The second-order valence-corrected chi connectivity index (χ2v) is 5.21. The van der Waals surface area contributed by atoms with Gasteiger partial charge in [-0.3, -0.25) is 9.69 Å². The zero-order chi connectivity index (χ0) is 11.5. The molecule has 4 nitrogen and oxygen atoms in total. The maximum atomic E-state index is 10.8. The number of carboxylic acid groups (broad SMARTS) is 1. The first-order chi connectivity index (χ1) is 7.65. The molecular weight excluding hydrogens is 224 g/mol. The van der Waals surface area contributed by atoms with E-state index in [1.54, 1.807) is 11.3 Å². The summed E-state index contributed by atoms with van der Waals surface area (Å²) < 4.78 is 0. The van der Waals surface area contributed by atoms with E-state index in [-0.39, 0.29) is 5.92 Å². The van der Waals surface area contributed by atoms with Crippen LogP contribution in [0.1, 0.15) is 23.5 Å². The van der Waals surface area contributed by atoms with E-state index >= 15 is 0 Å². The molecule has 88 valence electrons. The fourth-order valence-corrected chi connectivity index (χ4v) is 2.82. The van der Waals surface area contributed by atoms with Gasteiger partial charge in [0.05, 0.1) is 12.5 Å². The van der Waals surface area contributed by atoms with Crippen LogP contribution >= 0.6 is 11.3 Å². The minimum atomic E-state index is -0.648. The van der Waals surface area contributed by atoms with Crippen LogP contribution in [0.4, 0.5) is 0 Å². The maximum Gasteiger partial charge on any atom is 0.306 e. The Morgan fingerprint density at radius 3 is 2.81 bits per heavy atom.